The second kappa shape index (κ2) is 5.85. The number of ether oxygens (including phenoxy) is 3. The lowest BCUT2D eigenvalue weighted by Gasteiger charge is -2.12. The molecule has 2 aromatic carbocycles. The van der Waals surface area contributed by atoms with Crippen LogP contribution in [0.1, 0.15) is 11.1 Å². The van der Waals surface area contributed by atoms with E-state index in [1.807, 2.05) is 31.2 Å². The van der Waals surface area contributed by atoms with Crippen LogP contribution in [-0.2, 0) is 6.54 Å². The molecule has 4 nitrogen and oxygen atoms in total. The van der Waals surface area contributed by atoms with Gasteiger partial charge in [-0.1, -0.05) is 6.07 Å². The molecule has 0 unspecified atom stereocenters. The molecule has 1 N–H and O–H groups in total. The van der Waals surface area contributed by atoms with Gasteiger partial charge in [-0.15, -0.1) is 0 Å². The summed E-state index contributed by atoms with van der Waals surface area (Å²) < 4.78 is 17.1. The van der Waals surface area contributed by atoms with E-state index < -0.39 is 0 Å². The lowest BCUT2D eigenvalue weighted by Crippen LogP contribution is -2.01. The van der Waals surface area contributed by atoms with Crippen LogP contribution in [0.15, 0.2) is 34.8 Å². The quantitative estimate of drug-likeness (QED) is 0.901. The number of methoxy groups -OCH3 is 1. The highest BCUT2D eigenvalue weighted by Gasteiger charge is 2.17. The Morgan fingerprint density at radius 3 is 2.90 bits per heavy atom. The fourth-order valence-corrected chi connectivity index (χ4v) is 2.87. The summed E-state index contributed by atoms with van der Waals surface area (Å²) in [6, 6.07) is 10.1. The zero-order valence-electron chi connectivity index (χ0n) is 11.9. The van der Waals surface area contributed by atoms with Crippen molar-refractivity contribution in [2.75, 3.05) is 19.2 Å². The maximum Gasteiger partial charge on any atom is 0.231 e. The lowest BCUT2D eigenvalue weighted by molar-refractivity contribution is 0.173. The summed E-state index contributed by atoms with van der Waals surface area (Å²) in [7, 11) is 1.68. The monoisotopic (exact) mass is 349 g/mol. The minimum atomic E-state index is 0.274. The Hall–Kier alpha value is -1.88. The lowest BCUT2D eigenvalue weighted by atomic mass is 10.1. The van der Waals surface area contributed by atoms with Gasteiger partial charge in [0.05, 0.1) is 17.3 Å². The highest BCUT2D eigenvalue weighted by Crippen LogP contribution is 2.40. The van der Waals surface area contributed by atoms with Gasteiger partial charge in [0.15, 0.2) is 11.5 Å². The number of rotatable bonds is 4. The van der Waals surface area contributed by atoms with Crippen LogP contribution >= 0.6 is 15.9 Å². The van der Waals surface area contributed by atoms with Crippen LogP contribution < -0.4 is 19.5 Å². The molecular weight excluding hydrogens is 334 g/mol. The third kappa shape index (κ3) is 2.93. The van der Waals surface area contributed by atoms with E-state index in [-0.39, 0.29) is 6.79 Å². The van der Waals surface area contributed by atoms with E-state index in [1.165, 1.54) is 5.56 Å². The molecule has 0 bridgehead atoms. The molecule has 0 radical (unpaired) electrons. The summed E-state index contributed by atoms with van der Waals surface area (Å²) in [6.45, 7) is 2.99. The van der Waals surface area contributed by atoms with Crippen LogP contribution in [0.3, 0.4) is 0 Å². The predicted octanol–water partition coefficient (Wildman–Crippen LogP) is 4.11. The number of nitrogens with one attached hydrogen (secondary N) is 1. The SMILES string of the molecule is COc1cc(C)ccc1NCc1cc(Br)c2c(c1)OCO2. The minimum absolute atomic E-state index is 0.274. The Morgan fingerprint density at radius 1 is 1.24 bits per heavy atom. The number of halogens is 1. The van der Waals surface area contributed by atoms with Gasteiger partial charge in [0, 0.05) is 6.54 Å². The van der Waals surface area contributed by atoms with Gasteiger partial charge < -0.3 is 19.5 Å². The molecule has 0 atom stereocenters. The van der Waals surface area contributed by atoms with Gasteiger partial charge in [0.25, 0.3) is 0 Å². The van der Waals surface area contributed by atoms with Crippen molar-refractivity contribution in [3.05, 3.63) is 45.9 Å². The van der Waals surface area contributed by atoms with Crippen molar-refractivity contribution in [1.82, 2.24) is 0 Å². The Balaban J connectivity index is 1.78. The third-order valence-electron chi connectivity index (χ3n) is 3.33. The Bertz CT molecular complexity index is 673. The largest absolute Gasteiger partial charge is 0.495 e. The molecule has 110 valence electrons. The van der Waals surface area contributed by atoms with E-state index >= 15 is 0 Å². The van der Waals surface area contributed by atoms with Crippen LogP contribution in [0.5, 0.6) is 17.2 Å². The van der Waals surface area contributed by atoms with E-state index in [4.69, 9.17) is 14.2 Å². The topological polar surface area (TPSA) is 39.7 Å². The van der Waals surface area contributed by atoms with E-state index in [2.05, 4.69) is 27.3 Å². The maximum absolute atomic E-state index is 5.43. The molecule has 0 aliphatic carbocycles. The van der Waals surface area contributed by atoms with Gasteiger partial charge in [0.1, 0.15) is 5.75 Å². The zero-order chi connectivity index (χ0) is 14.8. The number of anilines is 1. The number of benzene rings is 2. The van der Waals surface area contributed by atoms with Crippen LogP contribution in [0.2, 0.25) is 0 Å². The summed E-state index contributed by atoms with van der Waals surface area (Å²) in [4.78, 5) is 0. The van der Waals surface area contributed by atoms with E-state index in [1.54, 1.807) is 7.11 Å². The molecule has 0 spiro atoms. The second-order valence-electron chi connectivity index (χ2n) is 4.87. The first-order chi connectivity index (χ1) is 10.2. The summed E-state index contributed by atoms with van der Waals surface area (Å²) in [5, 5.41) is 3.38. The van der Waals surface area contributed by atoms with Crippen molar-refractivity contribution >= 4 is 21.6 Å². The number of aryl methyl sites for hydroxylation is 1. The first-order valence-corrected chi connectivity index (χ1v) is 7.43. The predicted molar refractivity (Wildman–Crippen MR) is 85.3 cm³/mol. The highest BCUT2D eigenvalue weighted by molar-refractivity contribution is 9.10. The van der Waals surface area contributed by atoms with Gasteiger partial charge in [0.2, 0.25) is 6.79 Å². The Kier molecular flexibility index (Phi) is 3.92. The molecule has 0 saturated carbocycles. The third-order valence-corrected chi connectivity index (χ3v) is 3.92. The summed E-state index contributed by atoms with van der Waals surface area (Å²) in [5.74, 6) is 2.39. The van der Waals surface area contributed by atoms with E-state index in [9.17, 15) is 0 Å². The summed E-state index contributed by atoms with van der Waals surface area (Å²) in [5.41, 5.74) is 3.24. The fraction of sp³-hybridized carbons (Fsp3) is 0.250. The Labute approximate surface area is 132 Å². The first kappa shape index (κ1) is 14.1. The molecule has 1 aliphatic rings. The second-order valence-corrected chi connectivity index (χ2v) is 5.72. The van der Waals surface area contributed by atoms with Crippen LogP contribution in [0, 0.1) is 6.92 Å². The molecule has 5 heteroatoms. The number of hydrogen-bond donors (Lipinski definition) is 1. The van der Waals surface area contributed by atoms with Crippen LogP contribution in [-0.4, -0.2) is 13.9 Å². The van der Waals surface area contributed by atoms with Crippen molar-refractivity contribution in [1.29, 1.82) is 0 Å². The normalized spacial score (nSPS) is 12.3. The van der Waals surface area contributed by atoms with Crippen LogP contribution in [0.25, 0.3) is 0 Å². The average molecular weight is 350 g/mol. The van der Waals surface area contributed by atoms with Crippen molar-refractivity contribution in [2.45, 2.75) is 13.5 Å². The molecule has 1 aliphatic heterocycles. The van der Waals surface area contributed by atoms with Gasteiger partial charge in [-0.05, 0) is 58.2 Å². The van der Waals surface area contributed by atoms with Gasteiger partial charge in [-0.2, -0.15) is 0 Å². The first-order valence-electron chi connectivity index (χ1n) is 6.64. The van der Waals surface area contributed by atoms with E-state index in [0.29, 0.717) is 6.54 Å². The van der Waals surface area contributed by atoms with Crippen molar-refractivity contribution in [2.24, 2.45) is 0 Å². The van der Waals surface area contributed by atoms with Crippen molar-refractivity contribution in [3.8, 4) is 17.2 Å². The van der Waals surface area contributed by atoms with Gasteiger partial charge in [-0.25, -0.2) is 0 Å². The Morgan fingerprint density at radius 2 is 2.10 bits per heavy atom. The van der Waals surface area contributed by atoms with Crippen LogP contribution in [0.4, 0.5) is 5.69 Å². The maximum atomic E-state index is 5.43. The molecule has 21 heavy (non-hydrogen) atoms. The molecule has 0 amide bonds. The summed E-state index contributed by atoms with van der Waals surface area (Å²) in [6.07, 6.45) is 0. The van der Waals surface area contributed by atoms with E-state index in [0.717, 1.165) is 33.0 Å². The standard InChI is InChI=1S/C16H16BrNO3/c1-10-3-4-13(14(5-10)19-2)18-8-11-6-12(17)16-15(7-11)20-9-21-16/h3-7,18H,8-9H2,1-2H3. The van der Waals surface area contributed by atoms with Crippen molar-refractivity contribution < 1.29 is 14.2 Å². The van der Waals surface area contributed by atoms with Gasteiger partial charge >= 0.3 is 0 Å². The average Bonchev–Trinajstić information content (AvgIpc) is 2.94. The molecule has 0 fully saturated rings. The molecule has 0 aromatic heterocycles. The highest BCUT2D eigenvalue weighted by atomic mass is 79.9. The fourth-order valence-electron chi connectivity index (χ4n) is 2.26. The minimum Gasteiger partial charge on any atom is -0.495 e. The molecule has 1 heterocycles. The number of hydrogen-bond acceptors (Lipinski definition) is 4. The summed E-state index contributed by atoms with van der Waals surface area (Å²) >= 11 is 3.50. The van der Waals surface area contributed by atoms with Crippen molar-refractivity contribution in [3.63, 3.8) is 0 Å². The molecule has 0 saturated heterocycles. The molecule has 3 rings (SSSR count). The number of fused-ring (bicyclic) bond motifs is 1. The smallest absolute Gasteiger partial charge is 0.231 e. The molecule has 2 aromatic rings. The van der Waals surface area contributed by atoms with Gasteiger partial charge in [-0.3, -0.25) is 0 Å². The molecular formula is C16H16BrNO3. The zero-order valence-corrected chi connectivity index (χ0v) is 13.5.